The topological polar surface area (TPSA) is 86.2 Å². The number of carbonyl (C=O) groups excluding carboxylic acids is 1. The maximum absolute atomic E-state index is 13.3. The third-order valence-corrected chi connectivity index (χ3v) is 6.34. The summed E-state index contributed by atoms with van der Waals surface area (Å²) in [4.78, 5) is 26.8. The number of hydrogen-bond donors (Lipinski definition) is 1. The van der Waals surface area contributed by atoms with E-state index in [-0.39, 0.29) is 5.78 Å². The predicted molar refractivity (Wildman–Crippen MR) is 136 cm³/mol. The van der Waals surface area contributed by atoms with Gasteiger partial charge in [0.25, 0.3) is 0 Å². The third kappa shape index (κ3) is 4.24. The van der Waals surface area contributed by atoms with Crippen LogP contribution in [-0.2, 0) is 12.8 Å². The maximum Gasteiger partial charge on any atom is 0.183 e. The zero-order valence-electron chi connectivity index (χ0n) is 19.0. The van der Waals surface area contributed by atoms with E-state index in [1.807, 2.05) is 66.9 Å². The van der Waals surface area contributed by atoms with E-state index >= 15 is 0 Å². The molecular formula is C27H24ClN5O. The van der Waals surface area contributed by atoms with Crippen LogP contribution in [0.5, 0.6) is 0 Å². The van der Waals surface area contributed by atoms with Crippen molar-refractivity contribution in [1.29, 1.82) is 0 Å². The minimum absolute atomic E-state index is 0.0140. The van der Waals surface area contributed by atoms with Gasteiger partial charge in [-0.05, 0) is 73.4 Å². The lowest BCUT2D eigenvalue weighted by Gasteiger charge is -2.09. The van der Waals surface area contributed by atoms with Gasteiger partial charge in [0, 0.05) is 36.3 Å². The quantitative estimate of drug-likeness (QED) is 0.330. The van der Waals surface area contributed by atoms with Crippen LogP contribution in [0.1, 0.15) is 45.1 Å². The van der Waals surface area contributed by atoms with Crippen molar-refractivity contribution in [2.24, 2.45) is 0 Å². The van der Waals surface area contributed by atoms with Crippen LogP contribution in [0.3, 0.4) is 0 Å². The van der Waals surface area contributed by atoms with Crippen LogP contribution in [0.2, 0.25) is 5.02 Å². The Balaban J connectivity index is 1.44. The normalized spacial score (nSPS) is 11.4. The number of benzene rings is 1. The van der Waals surface area contributed by atoms with E-state index in [1.165, 1.54) is 0 Å². The first kappa shape index (κ1) is 22.0. The number of aromatic nitrogens is 4. The average Bonchev–Trinajstić information content (AvgIpc) is 3.16. The van der Waals surface area contributed by atoms with Crippen molar-refractivity contribution in [3.63, 3.8) is 0 Å². The molecule has 5 aromatic rings. The molecule has 7 heteroatoms. The Labute approximate surface area is 202 Å². The molecule has 1 aromatic carbocycles. The molecule has 0 saturated heterocycles. The van der Waals surface area contributed by atoms with E-state index in [2.05, 4.69) is 16.0 Å². The highest BCUT2D eigenvalue weighted by molar-refractivity contribution is 6.31. The molecular weight excluding hydrogens is 446 g/mol. The highest BCUT2D eigenvalue weighted by Crippen LogP contribution is 2.23. The molecule has 0 aliphatic heterocycles. The SMILES string of the molecule is Cc1cc(N)nc(C)c1CCC(=O)c1nc(Cc2ccc3ncc(Cl)cc3c2)n2ccccc12. The number of pyridine rings is 3. The van der Waals surface area contributed by atoms with E-state index in [0.717, 1.165) is 44.6 Å². The van der Waals surface area contributed by atoms with Gasteiger partial charge in [-0.1, -0.05) is 23.7 Å². The van der Waals surface area contributed by atoms with E-state index < -0.39 is 0 Å². The molecule has 2 N–H and O–H groups in total. The fraction of sp³-hybridized carbons (Fsp3) is 0.185. The Bertz CT molecular complexity index is 1530. The lowest BCUT2D eigenvalue weighted by atomic mass is 10.00. The van der Waals surface area contributed by atoms with Gasteiger partial charge in [-0.25, -0.2) is 9.97 Å². The van der Waals surface area contributed by atoms with Gasteiger partial charge in [0.2, 0.25) is 0 Å². The van der Waals surface area contributed by atoms with Crippen LogP contribution in [0.25, 0.3) is 16.4 Å². The summed E-state index contributed by atoms with van der Waals surface area (Å²) in [6.45, 7) is 3.93. The molecule has 4 heterocycles. The predicted octanol–water partition coefficient (Wildman–Crippen LogP) is 5.54. The van der Waals surface area contributed by atoms with Gasteiger partial charge in [-0.3, -0.25) is 9.78 Å². The molecule has 0 unspecified atom stereocenters. The molecule has 0 fully saturated rings. The Morgan fingerprint density at radius 3 is 2.76 bits per heavy atom. The number of rotatable bonds is 6. The van der Waals surface area contributed by atoms with Crippen molar-refractivity contribution in [2.75, 3.05) is 5.73 Å². The third-order valence-electron chi connectivity index (χ3n) is 6.14. The van der Waals surface area contributed by atoms with E-state index in [0.29, 0.717) is 35.8 Å². The smallest absolute Gasteiger partial charge is 0.183 e. The lowest BCUT2D eigenvalue weighted by molar-refractivity contribution is 0.0980. The van der Waals surface area contributed by atoms with Crippen molar-refractivity contribution >= 4 is 39.6 Å². The molecule has 6 nitrogen and oxygen atoms in total. The van der Waals surface area contributed by atoms with Crippen LogP contribution >= 0.6 is 11.6 Å². The molecule has 0 bridgehead atoms. The van der Waals surface area contributed by atoms with Gasteiger partial charge < -0.3 is 10.1 Å². The van der Waals surface area contributed by atoms with Crippen molar-refractivity contribution < 1.29 is 4.79 Å². The summed E-state index contributed by atoms with van der Waals surface area (Å²) in [7, 11) is 0. The van der Waals surface area contributed by atoms with Gasteiger partial charge >= 0.3 is 0 Å². The number of hydrogen-bond acceptors (Lipinski definition) is 5. The number of nitrogens with two attached hydrogens (primary N) is 1. The van der Waals surface area contributed by atoms with Crippen LogP contribution in [0.15, 0.2) is 60.9 Å². The zero-order chi connectivity index (χ0) is 23.8. The highest BCUT2D eigenvalue weighted by atomic mass is 35.5. The van der Waals surface area contributed by atoms with Crippen molar-refractivity contribution in [2.45, 2.75) is 33.1 Å². The summed E-state index contributed by atoms with van der Waals surface area (Å²) in [6.07, 6.45) is 5.14. The van der Waals surface area contributed by atoms with Crippen molar-refractivity contribution in [3.8, 4) is 0 Å². The first-order valence-corrected chi connectivity index (χ1v) is 11.5. The van der Waals surface area contributed by atoms with Gasteiger partial charge in [-0.2, -0.15) is 0 Å². The number of anilines is 1. The number of imidazole rings is 1. The molecule has 0 spiro atoms. The molecule has 34 heavy (non-hydrogen) atoms. The Morgan fingerprint density at radius 1 is 1.09 bits per heavy atom. The molecule has 5 rings (SSSR count). The highest BCUT2D eigenvalue weighted by Gasteiger charge is 2.18. The minimum Gasteiger partial charge on any atom is -0.384 e. The molecule has 4 aromatic heterocycles. The molecule has 0 amide bonds. The van der Waals surface area contributed by atoms with E-state index in [9.17, 15) is 4.79 Å². The summed E-state index contributed by atoms with van der Waals surface area (Å²) in [5.41, 5.74) is 12.1. The fourth-order valence-electron chi connectivity index (χ4n) is 4.50. The number of halogens is 1. The number of carbonyl (C=O) groups is 1. The lowest BCUT2D eigenvalue weighted by Crippen LogP contribution is -2.06. The number of fused-ring (bicyclic) bond motifs is 2. The van der Waals surface area contributed by atoms with Gasteiger partial charge in [0.1, 0.15) is 17.3 Å². The summed E-state index contributed by atoms with van der Waals surface area (Å²) in [5, 5.41) is 1.58. The van der Waals surface area contributed by atoms with E-state index in [1.54, 1.807) is 6.20 Å². The average molecular weight is 470 g/mol. The Morgan fingerprint density at radius 2 is 1.94 bits per heavy atom. The van der Waals surface area contributed by atoms with Crippen LogP contribution in [0, 0.1) is 13.8 Å². The van der Waals surface area contributed by atoms with Crippen molar-refractivity contribution in [3.05, 3.63) is 99.8 Å². The van der Waals surface area contributed by atoms with Crippen LogP contribution < -0.4 is 5.73 Å². The molecule has 0 radical (unpaired) electrons. The number of aryl methyl sites for hydroxylation is 2. The molecule has 170 valence electrons. The number of ketones is 1. The Kier molecular flexibility index (Phi) is 5.75. The second kappa shape index (κ2) is 8.88. The largest absolute Gasteiger partial charge is 0.384 e. The molecule has 0 atom stereocenters. The van der Waals surface area contributed by atoms with Crippen LogP contribution in [0.4, 0.5) is 5.82 Å². The summed E-state index contributed by atoms with van der Waals surface area (Å²) in [5.74, 6) is 1.33. The van der Waals surface area contributed by atoms with E-state index in [4.69, 9.17) is 22.3 Å². The molecule has 0 saturated carbocycles. The second-order valence-electron chi connectivity index (χ2n) is 8.54. The number of nitrogen functional groups attached to an aromatic ring is 1. The maximum atomic E-state index is 13.3. The number of Topliss-reactive ketones (excluding diaryl/α,β-unsaturated/α-hetero) is 1. The monoisotopic (exact) mass is 469 g/mol. The van der Waals surface area contributed by atoms with Gasteiger partial charge in [0.15, 0.2) is 5.78 Å². The zero-order valence-corrected chi connectivity index (χ0v) is 19.8. The first-order valence-electron chi connectivity index (χ1n) is 11.1. The minimum atomic E-state index is 0.0140. The number of nitrogens with zero attached hydrogens (tertiary/aromatic N) is 4. The van der Waals surface area contributed by atoms with Crippen LogP contribution in [-0.4, -0.2) is 25.1 Å². The summed E-state index contributed by atoms with van der Waals surface area (Å²) in [6, 6.07) is 15.7. The van der Waals surface area contributed by atoms with Crippen molar-refractivity contribution in [1.82, 2.24) is 19.4 Å². The van der Waals surface area contributed by atoms with Gasteiger partial charge in [0.05, 0.1) is 16.1 Å². The molecule has 0 aliphatic carbocycles. The summed E-state index contributed by atoms with van der Waals surface area (Å²) < 4.78 is 1.99. The van der Waals surface area contributed by atoms with Gasteiger partial charge in [-0.15, -0.1) is 0 Å². The summed E-state index contributed by atoms with van der Waals surface area (Å²) >= 11 is 6.12. The fourth-order valence-corrected chi connectivity index (χ4v) is 4.67. The Hall–Kier alpha value is -3.77. The molecule has 0 aliphatic rings. The standard InChI is InChI=1S/C27H24ClN5O/c1-16-11-25(29)31-17(2)21(16)7-9-24(34)27-23-5-3-4-10-33(23)26(32-27)13-18-6-8-22-19(12-18)14-20(28)15-30-22/h3-6,8,10-12,14-15H,7,9,13H2,1-2H3,(H2,29,31). The second-order valence-corrected chi connectivity index (χ2v) is 8.98. The first-order chi connectivity index (χ1) is 16.4.